The van der Waals surface area contributed by atoms with E-state index in [0.29, 0.717) is 12.3 Å². The molecular weight excluding hydrogens is 232 g/mol. The molecule has 1 heterocycles. The van der Waals surface area contributed by atoms with Gasteiger partial charge in [0.25, 0.3) is 0 Å². The standard InChI is InChI=1S/C13H14N2O3/c1-18-8-4-2-3-7(5-8)6-15-12(16)9-10(11(9)14)13(15)17/h2-5,9-11H,6,14H2,1H3. The van der Waals surface area contributed by atoms with Crippen LogP contribution >= 0.6 is 0 Å². The van der Waals surface area contributed by atoms with E-state index in [0.717, 1.165) is 5.56 Å². The number of imide groups is 1. The highest BCUT2D eigenvalue weighted by Crippen LogP contribution is 2.46. The molecule has 2 N–H and O–H groups in total. The molecule has 3 rings (SSSR count). The molecule has 1 aliphatic heterocycles. The van der Waals surface area contributed by atoms with E-state index in [9.17, 15) is 9.59 Å². The summed E-state index contributed by atoms with van der Waals surface area (Å²) >= 11 is 0. The van der Waals surface area contributed by atoms with E-state index in [1.54, 1.807) is 7.11 Å². The van der Waals surface area contributed by atoms with Crippen LogP contribution in [0.25, 0.3) is 0 Å². The minimum Gasteiger partial charge on any atom is -0.497 e. The second-order valence-corrected chi connectivity index (χ2v) is 4.74. The number of hydrogen-bond acceptors (Lipinski definition) is 4. The molecule has 2 unspecified atom stereocenters. The highest BCUT2D eigenvalue weighted by Gasteiger charge is 2.65. The van der Waals surface area contributed by atoms with Crippen LogP contribution in [0.4, 0.5) is 0 Å². The van der Waals surface area contributed by atoms with Crippen molar-refractivity contribution < 1.29 is 14.3 Å². The third-order valence-corrected chi connectivity index (χ3v) is 3.65. The number of ether oxygens (including phenoxy) is 1. The van der Waals surface area contributed by atoms with Crippen LogP contribution in [-0.4, -0.2) is 29.9 Å². The Bertz CT molecular complexity index is 507. The number of piperidine rings is 1. The smallest absolute Gasteiger partial charge is 0.235 e. The summed E-state index contributed by atoms with van der Waals surface area (Å²) in [6, 6.07) is 7.10. The molecular formula is C13H14N2O3. The number of likely N-dealkylation sites (tertiary alicyclic amines) is 1. The SMILES string of the molecule is COc1cccc(CN2C(=O)C3C(N)C3C2=O)c1. The number of carbonyl (C=O) groups excluding carboxylic acids is 2. The maximum atomic E-state index is 11.9. The molecule has 94 valence electrons. The number of nitrogens with zero attached hydrogens (tertiary/aromatic N) is 1. The zero-order chi connectivity index (χ0) is 12.9. The molecule has 1 aromatic carbocycles. The maximum Gasteiger partial charge on any atom is 0.235 e. The fourth-order valence-corrected chi connectivity index (χ4v) is 2.55. The van der Waals surface area contributed by atoms with E-state index in [-0.39, 0.29) is 29.7 Å². The molecule has 0 radical (unpaired) electrons. The predicted octanol–water partition coefficient (Wildman–Crippen LogP) is 0.137. The monoisotopic (exact) mass is 246 g/mol. The average Bonchev–Trinajstić information content (AvgIpc) is 2.98. The zero-order valence-electron chi connectivity index (χ0n) is 10.00. The fourth-order valence-electron chi connectivity index (χ4n) is 2.55. The number of benzene rings is 1. The molecule has 2 atom stereocenters. The minimum absolute atomic E-state index is 0.139. The van der Waals surface area contributed by atoms with Gasteiger partial charge in [-0.15, -0.1) is 0 Å². The lowest BCUT2D eigenvalue weighted by Crippen LogP contribution is -2.36. The largest absolute Gasteiger partial charge is 0.497 e. The summed E-state index contributed by atoms with van der Waals surface area (Å²) in [5.74, 6) is -0.111. The van der Waals surface area contributed by atoms with E-state index >= 15 is 0 Å². The maximum absolute atomic E-state index is 11.9. The van der Waals surface area contributed by atoms with Crippen molar-refractivity contribution in [2.75, 3.05) is 7.11 Å². The van der Waals surface area contributed by atoms with Gasteiger partial charge in [0, 0.05) is 6.04 Å². The first kappa shape index (κ1) is 11.2. The summed E-state index contributed by atoms with van der Waals surface area (Å²) in [7, 11) is 1.58. The predicted molar refractivity (Wildman–Crippen MR) is 63.5 cm³/mol. The lowest BCUT2D eigenvalue weighted by molar-refractivity contribution is -0.142. The molecule has 0 spiro atoms. The number of rotatable bonds is 3. The number of carbonyl (C=O) groups is 2. The number of nitrogens with two attached hydrogens (primary N) is 1. The highest BCUT2D eigenvalue weighted by molar-refractivity contribution is 6.10. The van der Waals surface area contributed by atoms with Crippen molar-refractivity contribution in [3.05, 3.63) is 29.8 Å². The van der Waals surface area contributed by atoms with Gasteiger partial charge in [-0.2, -0.15) is 0 Å². The second kappa shape index (κ2) is 3.81. The first-order valence-corrected chi connectivity index (χ1v) is 5.87. The van der Waals surface area contributed by atoms with Crippen LogP contribution in [-0.2, 0) is 16.1 Å². The molecule has 18 heavy (non-hydrogen) atoms. The van der Waals surface area contributed by atoms with E-state index in [2.05, 4.69) is 0 Å². The number of fused-ring (bicyclic) bond motifs is 1. The Morgan fingerprint density at radius 2 is 1.94 bits per heavy atom. The van der Waals surface area contributed by atoms with Gasteiger partial charge >= 0.3 is 0 Å². The third-order valence-electron chi connectivity index (χ3n) is 3.65. The van der Waals surface area contributed by atoms with Crippen molar-refractivity contribution in [3.8, 4) is 5.75 Å². The first-order chi connectivity index (χ1) is 8.63. The van der Waals surface area contributed by atoms with Crippen LogP contribution in [0, 0.1) is 11.8 Å². The van der Waals surface area contributed by atoms with Gasteiger partial charge in [0.1, 0.15) is 5.75 Å². The van der Waals surface area contributed by atoms with Crippen molar-refractivity contribution in [1.82, 2.24) is 4.90 Å². The zero-order valence-corrected chi connectivity index (χ0v) is 10.00. The summed E-state index contributed by atoms with van der Waals surface area (Å²) in [4.78, 5) is 25.1. The van der Waals surface area contributed by atoms with Gasteiger partial charge in [0.05, 0.1) is 25.5 Å². The van der Waals surface area contributed by atoms with Crippen molar-refractivity contribution in [3.63, 3.8) is 0 Å². The molecule has 1 aliphatic carbocycles. The van der Waals surface area contributed by atoms with E-state index < -0.39 is 0 Å². The number of methoxy groups -OCH3 is 1. The summed E-state index contributed by atoms with van der Waals surface area (Å²) in [5, 5.41) is 0. The normalized spacial score (nSPS) is 29.4. The Kier molecular flexibility index (Phi) is 2.38. The Hall–Kier alpha value is -1.88. The van der Waals surface area contributed by atoms with Gasteiger partial charge in [0.15, 0.2) is 0 Å². The second-order valence-electron chi connectivity index (χ2n) is 4.74. The fraction of sp³-hybridized carbons (Fsp3) is 0.385. The molecule has 2 amide bonds. The molecule has 1 aromatic rings. The van der Waals surface area contributed by atoms with E-state index in [1.165, 1.54) is 4.90 Å². The molecule has 0 aromatic heterocycles. The number of amides is 2. The topological polar surface area (TPSA) is 72.6 Å². The van der Waals surface area contributed by atoms with E-state index in [1.807, 2.05) is 24.3 Å². The summed E-state index contributed by atoms with van der Waals surface area (Å²) in [6.07, 6.45) is 0. The summed E-state index contributed by atoms with van der Waals surface area (Å²) in [6.45, 7) is 0.300. The van der Waals surface area contributed by atoms with E-state index in [4.69, 9.17) is 10.5 Å². The average molecular weight is 246 g/mol. The van der Waals surface area contributed by atoms with Crippen LogP contribution in [0.2, 0.25) is 0 Å². The third kappa shape index (κ3) is 1.51. The van der Waals surface area contributed by atoms with Gasteiger partial charge in [-0.1, -0.05) is 12.1 Å². The van der Waals surface area contributed by atoms with Gasteiger partial charge in [-0.3, -0.25) is 14.5 Å². The van der Waals surface area contributed by atoms with Crippen LogP contribution in [0.15, 0.2) is 24.3 Å². The van der Waals surface area contributed by atoms with Crippen molar-refractivity contribution >= 4 is 11.8 Å². The van der Waals surface area contributed by atoms with Crippen molar-refractivity contribution in [2.24, 2.45) is 17.6 Å². The van der Waals surface area contributed by atoms with Gasteiger partial charge < -0.3 is 10.5 Å². The Morgan fingerprint density at radius 1 is 1.28 bits per heavy atom. The Morgan fingerprint density at radius 3 is 2.56 bits per heavy atom. The van der Waals surface area contributed by atoms with Crippen molar-refractivity contribution in [1.29, 1.82) is 0 Å². The van der Waals surface area contributed by atoms with Crippen LogP contribution in [0.3, 0.4) is 0 Å². The number of hydrogen-bond donors (Lipinski definition) is 1. The van der Waals surface area contributed by atoms with Crippen molar-refractivity contribution in [2.45, 2.75) is 12.6 Å². The molecule has 2 aliphatic rings. The minimum atomic E-state index is -0.275. The molecule has 5 nitrogen and oxygen atoms in total. The molecule has 5 heteroatoms. The Labute approximate surface area is 105 Å². The van der Waals surface area contributed by atoms with Crippen LogP contribution in [0.5, 0.6) is 5.75 Å². The van der Waals surface area contributed by atoms with Gasteiger partial charge in [0.2, 0.25) is 11.8 Å². The highest BCUT2D eigenvalue weighted by atomic mass is 16.5. The van der Waals surface area contributed by atoms with Gasteiger partial charge in [-0.05, 0) is 17.7 Å². The summed E-state index contributed by atoms with van der Waals surface area (Å²) in [5.41, 5.74) is 6.55. The molecule has 0 bridgehead atoms. The molecule has 1 saturated heterocycles. The lowest BCUT2D eigenvalue weighted by Gasteiger charge is -2.17. The quantitative estimate of drug-likeness (QED) is 0.770. The first-order valence-electron chi connectivity index (χ1n) is 5.87. The van der Waals surface area contributed by atoms with Crippen LogP contribution in [0.1, 0.15) is 5.56 Å². The Balaban J connectivity index is 1.77. The summed E-state index contributed by atoms with van der Waals surface area (Å²) < 4.78 is 5.11. The molecule has 1 saturated carbocycles. The van der Waals surface area contributed by atoms with Crippen LogP contribution < -0.4 is 10.5 Å². The van der Waals surface area contributed by atoms with Gasteiger partial charge in [-0.25, -0.2) is 0 Å². The lowest BCUT2D eigenvalue weighted by atomic mass is 10.2. The molecule has 2 fully saturated rings.